The highest BCUT2D eigenvalue weighted by atomic mass is 35.5. The van der Waals surface area contributed by atoms with Gasteiger partial charge in [-0.05, 0) is 44.2 Å². The van der Waals surface area contributed by atoms with Crippen LogP contribution in [0.1, 0.15) is 38.5 Å². The molecule has 0 aliphatic heterocycles. The molecular weight excluding hydrogens is 387 g/mol. The van der Waals surface area contributed by atoms with Crippen LogP contribution in [0.4, 0.5) is 4.39 Å². The Kier molecular flexibility index (Phi) is 4.91. The van der Waals surface area contributed by atoms with Crippen LogP contribution in [0.15, 0.2) is 18.2 Å². The number of amides is 2. The maximum absolute atomic E-state index is 13.4. The monoisotopic (exact) mass is 408 g/mol. The van der Waals surface area contributed by atoms with E-state index >= 15 is 0 Å². The van der Waals surface area contributed by atoms with Gasteiger partial charge in [0.2, 0.25) is 5.91 Å². The Morgan fingerprint density at radius 1 is 1.21 bits per heavy atom. The Hall–Kier alpha value is -1.99. The molecule has 0 saturated heterocycles. The lowest BCUT2D eigenvalue weighted by molar-refractivity contribution is -0.182. The fraction of sp³-hybridized carbons (Fsp3) is 0.550. The normalized spacial score (nSPS) is 27.8. The van der Waals surface area contributed by atoms with Crippen molar-refractivity contribution in [3.05, 3.63) is 29.0 Å². The highest BCUT2D eigenvalue weighted by Gasteiger charge is 2.71. The molecule has 4 fully saturated rings. The molecule has 2 bridgehead atoms. The molecule has 1 aromatic carbocycles. The summed E-state index contributed by atoms with van der Waals surface area (Å²) in [5, 5.41) is 5.64. The Balaban J connectivity index is 1.18. The first-order chi connectivity index (χ1) is 13.3. The summed E-state index contributed by atoms with van der Waals surface area (Å²) in [6, 6.07) is 3.86. The molecule has 2 N–H and O–H groups in total. The number of halogens is 2. The molecule has 1 aromatic rings. The van der Waals surface area contributed by atoms with E-state index in [-0.39, 0.29) is 40.5 Å². The number of ether oxygens (including phenoxy) is 1. The number of hydrogen-bond acceptors (Lipinski definition) is 5. The summed E-state index contributed by atoms with van der Waals surface area (Å²) in [6.07, 6.45) is 5.04. The van der Waals surface area contributed by atoms with Gasteiger partial charge in [0, 0.05) is 17.5 Å². The van der Waals surface area contributed by atoms with Crippen molar-refractivity contribution >= 4 is 29.2 Å². The van der Waals surface area contributed by atoms with E-state index in [4.69, 9.17) is 16.3 Å². The lowest BCUT2D eigenvalue weighted by Crippen LogP contribution is -2.78. The van der Waals surface area contributed by atoms with Crippen LogP contribution in [-0.2, 0) is 14.4 Å². The van der Waals surface area contributed by atoms with E-state index in [1.54, 1.807) is 0 Å². The van der Waals surface area contributed by atoms with Crippen LogP contribution in [0.3, 0.4) is 0 Å². The lowest BCUT2D eigenvalue weighted by Gasteiger charge is -2.69. The molecule has 8 heteroatoms. The first kappa shape index (κ1) is 19.3. The minimum absolute atomic E-state index is 0.0347. The van der Waals surface area contributed by atoms with Gasteiger partial charge in [0.25, 0.3) is 5.91 Å². The fourth-order valence-electron chi connectivity index (χ4n) is 4.38. The number of nitrogens with one attached hydrogen (secondary N) is 2. The summed E-state index contributed by atoms with van der Waals surface area (Å²) in [5.74, 6) is -0.888. The van der Waals surface area contributed by atoms with E-state index in [2.05, 4.69) is 10.6 Å². The van der Waals surface area contributed by atoms with Crippen molar-refractivity contribution in [2.45, 2.75) is 44.1 Å². The molecule has 5 rings (SSSR count). The molecule has 0 heterocycles. The topological polar surface area (TPSA) is 84.5 Å². The van der Waals surface area contributed by atoms with Gasteiger partial charge in [-0.3, -0.25) is 19.7 Å². The number of imide groups is 1. The minimum Gasteiger partial charge on any atom is -0.484 e. The summed E-state index contributed by atoms with van der Waals surface area (Å²) in [6.45, 7) is -0.0189. The fourth-order valence-corrected chi connectivity index (χ4v) is 4.49. The van der Waals surface area contributed by atoms with Gasteiger partial charge in [-0.25, -0.2) is 4.39 Å². The third kappa shape index (κ3) is 3.53. The van der Waals surface area contributed by atoms with Crippen LogP contribution < -0.4 is 15.4 Å². The van der Waals surface area contributed by atoms with E-state index in [0.29, 0.717) is 25.8 Å². The first-order valence-corrected chi connectivity index (χ1v) is 9.89. The minimum atomic E-state index is -0.641. The van der Waals surface area contributed by atoms with Crippen molar-refractivity contribution in [1.82, 2.24) is 10.6 Å². The molecule has 28 heavy (non-hydrogen) atoms. The van der Waals surface area contributed by atoms with Crippen molar-refractivity contribution in [3.63, 3.8) is 0 Å². The van der Waals surface area contributed by atoms with Crippen molar-refractivity contribution < 1.29 is 23.5 Å². The van der Waals surface area contributed by atoms with Crippen LogP contribution in [-0.4, -0.2) is 36.3 Å². The second-order valence-corrected chi connectivity index (χ2v) is 8.69. The molecule has 0 radical (unpaired) electrons. The number of rotatable bonds is 8. The third-order valence-electron chi connectivity index (χ3n) is 6.22. The average Bonchev–Trinajstić information content (AvgIpc) is 2.51. The molecule has 0 atom stereocenters. The zero-order valence-corrected chi connectivity index (χ0v) is 16.1. The van der Waals surface area contributed by atoms with Gasteiger partial charge >= 0.3 is 0 Å². The molecule has 4 aliphatic rings. The van der Waals surface area contributed by atoms with Crippen LogP contribution in [0.2, 0.25) is 5.02 Å². The average molecular weight is 409 g/mol. The van der Waals surface area contributed by atoms with Gasteiger partial charge in [0.15, 0.2) is 6.61 Å². The van der Waals surface area contributed by atoms with Gasteiger partial charge in [0.1, 0.15) is 17.3 Å². The molecule has 0 aromatic heterocycles. The molecular formula is C20H22ClFN2O4. The highest BCUT2D eigenvalue weighted by Crippen LogP contribution is 2.67. The predicted octanol–water partition coefficient (Wildman–Crippen LogP) is 2.38. The molecule has 0 spiro atoms. The van der Waals surface area contributed by atoms with E-state index < -0.39 is 17.1 Å². The Morgan fingerprint density at radius 3 is 2.54 bits per heavy atom. The summed E-state index contributed by atoms with van der Waals surface area (Å²) in [7, 11) is 0. The van der Waals surface area contributed by atoms with Gasteiger partial charge in [0.05, 0.1) is 17.0 Å². The van der Waals surface area contributed by atoms with Gasteiger partial charge in [-0.15, -0.1) is 0 Å². The number of ketones is 1. The second-order valence-electron chi connectivity index (χ2n) is 8.28. The Labute approximate surface area is 167 Å². The smallest absolute Gasteiger partial charge is 0.264 e. The number of benzene rings is 1. The maximum Gasteiger partial charge on any atom is 0.264 e. The highest BCUT2D eigenvalue weighted by molar-refractivity contribution is 6.30. The van der Waals surface area contributed by atoms with Crippen molar-refractivity contribution in [3.8, 4) is 5.75 Å². The standard InChI is InChI=1S/C20H22ClFN2O4/c21-14-5-4-13(6-15(14)22)28-8-17(26)24-18(27)19-9-20(10-19,11-19)23-7-16(25)12-2-1-3-12/h4-6,12,23H,1-3,7-11H2,(H,24,26,27). The summed E-state index contributed by atoms with van der Waals surface area (Å²) >= 11 is 5.59. The quantitative estimate of drug-likeness (QED) is 0.690. The Bertz CT molecular complexity index is 820. The zero-order chi connectivity index (χ0) is 19.9. The zero-order valence-electron chi connectivity index (χ0n) is 15.4. The van der Waals surface area contributed by atoms with Gasteiger partial charge < -0.3 is 10.1 Å². The van der Waals surface area contributed by atoms with Crippen LogP contribution >= 0.6 is 11.6 Å². The van der Waals surface area contributed by atoms with Gasteiger partial charge in [-0.1, -0.05) is 18.0 Å². The lowest BCUT2D eigenvalue weighted by atomic mass is 9.39. The van der Waals surface area contributed by atoms with Crippen LogP contribution in [0, 0.1) is 17.2 Å². The molecule has 2 amide bonds. The van der Waals surface area contributed by atoms with E-state index in [1.165, 1.54) is 12.1 Å². The molecule has 150 valence electrons. The third-order valence-corrected chi connectivity index (χ3v) is 6.53. The molecule has 0 unspecified atom stereocenters. The number of carbonyl (C=O) groups excluding carboxylic acids is 3. The van der Waals surface area contributed by atoms with Crippen LogP contribution in [0.25, 0.3) is 0 Å². The summed E-state index contributed by atoms with van der Waals surface area (Å²) < 4.78 is 18.5. The number of carbonyl (C=O) groups is 3. The Morgan fingerprint density at radius 2 is 1.93 bits per heavy atom. The van der Waals surface area contributed by atoms with Crippen molar-refractivity contribution in [2.24, 2.45) is 11.3 Å². The molecule has 6 nitrogen and oxygen atoms in total. The first-order valence-electron chi connectivity index (χ1n) is 9.51. The summed E-state index contributed by atoms with van der Waals surface area (Å²) in [5.41, 5.74) is -0.647. The second kappa shape index (κ2) is 7.12. The maximum atomic E-state index is 13.4. The van der Waals surface area contributed by atoms with Gasteiger partial charge in [-0.2, -0.15) is 0 Å². The molecule has 4 aliphatic carbocycles. The predicted molar refractivity (Wildman–Crippen MR) is 99.4 cm³/mol. The van der Waals surface area contributed by atoms with Crippen LogP contribution in [0.5, 0.6) is 5.75 Å². The SMILES string of the molecule is O=C(COc1ccc(Cl)c(F)c1)NC(=O)C12CC(NCC(=O)C3CCC3)(C1)C2. The van der Waals surface area contributed by atoms with Crippen molar-refractivity contribution in [1.29, 1.82) is 0 Å². The molecule has 4 saturated carbocycles. The number of Topliss-reactive ketones (excluding diaryl/α,β-unsaturated/α-hetero) is 1. The van der Waals surface area contributed by atoms with Crippen molar-refractivity contribution in [2.75, 3.05) is 13.2 Å². The largest absolute Gasteiger partial charge is 0.484 e. The van der Waals surface area contributed by atoms with E-state index in [1.807, 2.05) is 0 Å². The van der Waals surface area contributed by atoms with E-state index in [0.717, 1.165) is 25.3 Å². The summed E-state index contributed by atoms with van der Waals surface area (Å²) in [4.78, 5) is 36.3. The number of hydrogen-bond donors (Lipinski definition) is 2. The van der Waals surface area contributed by atoms with E-state index in [9.17, 15) is 18.8 Å².